The van der Waals surface area contributed by atoms with E-state index in [0.29, 0.717) is 12.1 Å². The molecule has 122 valence electrons. The van der Waals surface area contributed by atoms with Crippen molar-refractivity contribution in [1.82, 2.24) is 14.8 Å². The maximum Gasteiger partial charge on any atom is 0.162 e. The van der Waals surface area contributed by atoms with Gasteiger partial charge in [0, 0.05) is 25.0 Å². The van der Waals surface area contributed by atoms with Crippen LogP contribution in [0.25, 0.3) is 0 Å². The predicted octanol–water partition coefficient (Wildman–Crippen LogP) is 2.93. The summed E-state index contributed by atoms with van der Waals surface area (Å²) in [5.41, 5.74) is 2.80. The van der Waals surface area contributed by atoms with Gasteiger partial charge in [-0.2, -0.15) is 5.10 Å². The summed E-state index contributed by atoms with van der Waals surface area (Å²) in [6.45, 7) is 11.0. The Morgan fingerprint density at radius 1 is 1.35 bits per heavy atom. The minimum Gasteiger partial charge on any atom is -0.356 e. The summed E-state index contributed by atoms with van der Waals surface area (Å²) in [5, 5.41) is 4.25. The second-order valence-corrected chi connectivity index (χ2v) is 6.81. The largest absolute Gasteiger partial charge is 0.356 e. The summed E-state index contributed by atoms with van der Waals surface area (Å²) in [5.74, 6) is 2.62. The fraction of sp³-hybridized carbons (Fsp3) is 0.500. The van der Waals surface area contributed by atoms with Crippen LogP contribution in [0.2, 0.25) is 0 Å². The van der Waals surface area contributed by atoms with Gasteiger partial charge in [-0.25, -0.2) is 4.98 Å². The number of pyridine rings is 1. The van der Waals surface area contributed by atoms with Crippen molar-refractivity contribution in [3.63, 3.8) is 0 Å². The summed E-state index contributed by atoms with van der Waals surface area (Å²) in [7, 11) is 0. The SMILES string of the molecule is CC(=O)c1cnn(Cc2ccc(N3CC(C(C)C)C3)nc2C)c1. The standard InChI is InChI=1S/C18H24N4O/c1-12(2)17-8-21(9-17)18-6-5-15(13(3)20-18)10-22-11-16(7-19-22)14(4)23/h5-7,11-12,17H,8-10H2,1-4H3. The summed E-state index contributed by atoms with van der Waals surface area (Å²) in [4.78, 5) is 18.4. The Hall–Kier alpha value is -2.17. The van der Waals surface area contributed by atoms with Gasteiger partial charge in [0.05, 0.1) is 18.3 Å². The molecule has 0 bridgehead atoms. The zero-order chi connectivity index (χ0) is 16.6. The maximum absolute atomic E-state index is 11.3. The Kier molecular flexibility index (Phi) is 4.20. The molecule has 0 atom stereocenters. The Morgan fingerprint density at radius 2 is 2.09 bits per heavy atom. The van der Waals surface area contributed by atoms with Crippen molar-refractivity contribution in [2.45, 2.75) is 34.2 Å². The molecule has 0 aromatic carbocycles. The number of rotatable bonds is 5. The first-order chi connectivity index (χ1) is 10.9. The Bertz CT molecular complexity index is 714. The normalized spacial score (nSPS) is 15.1. The molecule has 5 heteroatoms. The molecule has 23 heavy (non-hydrogen) atoms. The number of carbonyl (C=O) groups is 1. The van der Waals surface area contributed by atoms with E-state index in [1.165, 1.54) is 0 Å². The number of hydrogen-bond acceptors (Lipinski definition) is 4. The Morgan fingerprint density at radius 3 is 2.65 bits per heavy atom. The smallest absolute Gasteiger partial charge is 0.162 e. The van der Waals surface area contributed by atoms with Crippen LogP contribution in [0, 0.1) is 18.8 Å². The lowest BCUT2D eigenvalue weighted by atomic mass is 9.88. The molecule has 1 aliphatic rings. The van der Waals surface area contributed by atoms with Crippen LogP contribution in [0.3, 0.4) is 0 Å². The van der Waals surface area contributed by atoms with Crippen LogP contribution in [-0.2, 0) is 6.54 Å². The Labute approximate surface area is 137 Å². The van der Waals surface area contributed by atoms with Crippen molar-refractivity contribution in [3.05, 3.63) is 41.3 Å². The van der Waals surface area contributed by atoms with Crippen LogP contribution < -0.4 is 4.90 Å². The van der Waals surface area contributed by atoms with Gasteiger partial charge in [0.25, 0.3) is 0 Å². The lowest BCUT2D eigenvalue weighted by Crippen LogP contribution is -2.49. The fourth-order valence-electron chi connectivity index (χ4n) is 2.85. The minimum atomic E-state index is 0.0407. The number of nitrogens with zero attached hydrogens (tertiary/aromatic N) is 4. The highest BCUT2D eigenvalue weighted by atomic mass is 16.1. The highest BCUT2D eigenvalue weighted by Gasteiger charge is 2.29. The van der Waals surface area contributed by atoms with Gasteiger partial charge in [-0.15, -0.1) is 0 Å². The molecule has 2 aromatic rings. The molecule has 1 fully saturated rings. The van der Waals surface area contributed by atoms with E-state index in [1.807, 2.05) is 6.92 Å². The van der Waals surface area contributed by atoms with Gasteiger partial charge in [-0.3, -0.25) is 9.48 Å². The summed E-state index contributed by atoms with van der Waals surface area (Å²) in [6.07, 6.45) is 3.41. The van der Waals surface area contributed by atoms with Crippen LogP contribution in [0.4, 0.5) is 5.82 Å². The molecule has 3 rings (SSSR count). The van der Waals surface area contributed by atoms with Crippen molar-refractivity contribution < 1.29 is 4.79 Å². The van der Waals surface area contributed by atoms with Crippen LogP contribution in [0.1, 0.15) is 42.4 Å². The van der Waals surface area contributed by atoms with Gasteiger partial charge in [0.15, 0.2) is 5.78 Å². The number of ketones is 1. The van der Waals surface area contributed by atoms with Crippen molar-refractivity contribution >= 4 is 11.6 Å². The first-order valence-electron chi connectivity index (χ1n) is 8.19. The number of aryl methyl sites for hydroxylation is 1. The van der Waals surface area contributed by atoms with E-state index in [2.05, 4.69) is 36.0 Å². The molecule has 1 aliphatic heterocycles. The average Bonchev–Trinajstić information content (AvgIpc) is 2.88. The molecule has 0 radical (unpaired) electrons. The molecule has 3 heterocycles. The molecule has 0 unspecified atom stereocenters. The van der Waals surface area contributed by atoms with E-state index >= 15 is 0 Å². The van der Waals surface area contributed by atoms with Crippen LogP contribution in [-0.4, -0.2) is 33.6 Å². The van der Waals surface area contributed by atoms with Gasteiger partial charge in [0.1, 0.15) is 5.82 Å². The van der Waals surface area contributed by atoms with Crippen molar-refractivity contribution in [3.8, 4) is 0 Å². The van der Waals surface area contributed by atoms with Gasteiger partial charge in [-0.1, -0.05) is 19.9 Å². The van der Waals surface area contributed by atoms with E-state index in [9.17, 15) is 4.79 Å². The highest BCUT2D eigenvalue weighted by Crippen LogP contribution is 2.28. The van der Waals surface area contributed by atoms with E-state index in [4.69, 9.17) is 4.98 Å². The second-order valence-electron chi connectivity index (χ2n) is 6.81. The number of anilines is 1. The monoisotopic (exact) mass is 312 g/mol. The molecule has 0 spiro atoms. The van der Waals surface area contributed by atoms with Gasteiger partial charge < -0.3 is 4.90 Å². The minimum absolute atomic E-state index is 0.0407. The predicted molar refractivity (Wildman–Crippen MR) is 90.8 cm³/mol. The quantitative estimate of drug-likeness (QED) is 0.797. The fourth-order valence-corrected chi connectivity index (χ4v) is 2.85. The molecule has 2 aromatic heterocycles. The average molecular weight is 312 g/mol. The van der Waals surface area contributed by atoms with Crippen LogP contribution in [0.15, 0.2) is 24.5 Å². The molecular formula is C18H24N4O. The van der Waals surface area contributed by atoms with Crippen molar-refractivity contribution in [2.75, 3.05) is 18.0 Å². The highest BCUT2D eigenvalue weighted by molar-refractivity contribution is 5.93. The van der Waals surface area contributed by atoms with Crippen LogP contribution >= 0.6 is 0 Å². The summed E-state index contributed by atoms with van der Waals surface area (Å²) >= 11 is 0. The molecule has 0 N–H and O–H groups in total. The molecule has 0 saturated carbocycles. The number of carbonyl (C=O) groups excluding carboxylic acids is 1. The third-order valence-electron chi connectivity index (χ3n) is 4.73. The first kappa shape index (κ1) is 15.7. The van der Waals surface area contributed by atoms with E-state index in [1.54, 1.807) is 24.0 Å². The van der Waals surface area contributed by atoms with Gasteiger partial charge >= 0.3 is 0 Å². The molecule has 5 nitrogen and oxygen atoms in total. The van der Waals surface area contributed by atoms with Crippen LogP contribution in [0.5, 0.6) is 0 Å². The van der Waals surface area contributed by atoms with Gasteiger partial charge in [-0.05, 0) is 37.3 Å². The molecule has 0 amide bonds. The Balaban J connectivity index is 1.68. The summed E-state index contributed by atoms with van der Waals surface area (Å²) < 4.78 is 1.79. The van der Waals surface area contributed by atoms with E-state index in [-0.39, 0.29) is 5.78 Å². The maximum atomic E-state index is 11.3. The third kappa shape index (κ3) is 3.28. The first-order valence-corrected chi connectivity index (χ1v) is 8.19. The zero-order valence-electron chi connectivity index (χ0n) is 14.3. The third-order valence-corrected chi connectivity index (χ3v) is 4.73. The lowest BCUT2D eigenvalue weighted by molar-refractivity contribution is 0.101. The molecule has 0 aliphatic carbocycles. The summed E-state index contributed by atoms with van der Waals surface area (Å²) in [6, 6.07) is 4.21. The van der Waals surface area contributed by atoms with E-state index in [0.717, 1.165) is 42.0 Å². The van der Waals surface area contributed by atoms with Crippen molar-refractivity contribution in [2.24, 2.45) is 11.8 Å². The van der Waals surface area contributed by atoms with Crippen molar-refractivity contribution in [1.29, 1.82) is 0 Å². The topological polar surface area (TPSA) is 51.0 Å². The number of hydrogen-bond donors (Lipinski definition) is 0. The van der Waals surface area contributed by atoms with E-state index < -0.39 is 0 Å². The zero-order valence-corrected chi connectivity index (χ0v) is 14.3. The number of aromatic nitrogens is 3. The number of Topliss-reactive ketones (excluding diaryl/α,β-unsaturated/α-hetero) is 1. The van der Waals surface area contributed by atoms with Gasteiger partial charge in [0.2, 0.25) is 0 Å². The second kappa shape index (κ2) is 6.14. The molecule has 1 saturated heterocycles. The lowest BCUT2D eigenvalue weighted by Gasteiger charge is -2.42. The molecular weight excluding hydrogens is 288 g/mol.